The van der Waals surface area contributed by atoms with Crippen molar-refractivity contribution >= 4 is 17.9 Å². The molecule has 0 saturated heterocycles. The summed E-state index contributed by atoms with van der Waals surface area (Å²) < 4.78 is 5.15. The summed E-state index contributed by atoms with van der Waals surface area (Å²) in [4.78, 5) is 11.6. The van der Waals surface area contributed by atoms with Crippen molar-refractivity contribution in [1.82, 2.24) is 10.6 Å². The van der Waals surface area contributed by atoms with Crippen molar-refractivity contribution in [1.29, 1.82) is 0 Å². The molecular weight excluding hydrogens is 240 g/mol. The predicted molar refractivity (Wildman–Crippen MR) is 71.2 cm³/mol. The first kappa shape index (κ1) is 16.5. The van der Waals surface area contributed by atoms with Crippen molar-refractivity contribution in [3.05, 3.63) is 0 Å². The number of hydrogen-bond donors (Lipinski definition) is 3. The minimum Gasteiger partial charge on any atom is -0.444 e. The molecule has 3 N–H and O–H groups in total. The van der Waals surface area contributed by atoms with Crippen LogP contribution in [0.25, 0.3) is 0 Å². The van der Waals surface area contributed by atoms with Crippen LogP contribution in [-0.4, -0.2) is 48.1 Å². The van der Waals surface area contributed by atoms with E-state index in [1.807, 2.05) is 6.26 Å². The van der Waals surface area contributed by atoms with E-state index < -0.39 is 17.9 Å². The van der Waals surface area contributed by atoms with Gasteiger partial charge in [-0.15, -0.1) is 0 Å². The Bertz CT molecular complexity index is 231. The molecule has 6 heteroatoms. The topological polar surface area (TPSA) is 70.6 Å². The molecule has 1 amide bonds. The van der Waals surface area contributed by atoms with Crippen LogP contribution < -0.4 is 10.6 Å². The average Bonchev–Trinajstić information content (AvgIpc) is 2.20. The maximum absolute atomic E-state index is 11.6. The monoisotopic (exact) mass is 264 g/mol. The molecule has 0 fully saturated rings. The first-order valence-corrected chi connectivity index (χ1v) is 7.03. The number of hydrogen-bond acceptors (Lipinski definition) is 5. The van der Waals surface area contributed by atoms with Crippen molar-refractivity contribution in [3.8, 4) is 0 Å². The largest absolute Gasteiger partial charge is 0.444 e. The molecule has 0 aromatic heterocycles. The van der Waals surface area contributed by atoms with E-state index in [2.05, 4.69) is 10.6 Å². The van der Waals surface area contributed by atoms with Crippen molar-refractivity contribution < 1.29 is 14.6 Å². The van der Waals surface area contributed by atoms with Crippen LogP contribution in [0.4, 0.5) is 4.79 Å². The second-order valence-electron chi connectivity index (χ2n) is 4.77. The Kier molecular flexibility index (Phi) is 7.58. The normalized spacial score (nSPS) is 15.2. The van der Waals surface area contributed by atoms with Crippen LogP contribution in [0.15, 0.2) is 0 Å². The van der Waals surface area contributed by atoms with Crippen LogP contribution in [0.2, 0.25) is 0 Å². The molecule has 0 aromatic rings. The molecule has 0 radical (unpaired) electrons. The third kappa shape index (κ3) is 8.29. The highest BCUT2D eigenvalue weighted by atomic mass is 32.2. The Morgan fingerprint density at radius 3 is 2.47 bits per heavy atom. The van der Waals surface area contributed by atoms with Gasteiger partial charge in [-0.3, -0.25) is 5.32 Å². The van der Waals surface area contributed by atoms with Gasteiger partial charge >= 0.3 is 6.09 Å². The number of amides is 1. The second kappa shape index (κ2) is 7.79. The number of aliphatic hydroxyl groups is 1. The number of ether oxygens (including phenoxy) is 1. The third-order valence-corrected chi connectivity index (χ3v) is 2.66. The zero-order valence-electron chi connectivity index (χ0n) is 11.2. The van der Waals surface area contributed by atoms with Gasteiger partial charge in [-0.1, -0.05) is 0 Å². The van der Waals surface area contributed by atoms with Crippen LogP contribution in [-0.2, 0) is 4.74 Å². The Morgan fingerprint density at radius 1 is 1.47 bits per heavy atom. The quantitative estimate of drug-likeness (QED) is 0.628. The molecule has 0 aliphatic rings. The van der Waals surface area contributed by atoms with E-state index in [4.69, 9.17) is 4.74 Å². The highest BCUT2D eigenvalue weighted by Gasteiger charge is 2.23. The summed E-state index contributed by atoms with van der Waals surface area (Å²) in [5.74, 6) is 0.860. The smallest absolute Gasteiger partial charge is 0.408 e. The number of rotatable bonds is 6. The van der Waals surface area contributed by atoms with Crippen molar-refractivity contribution in [3.63, 3.8) is 0 Å². The molecule has 2 unspecified atom stereocenters. The van der Waals surface area contributed by atoms with Gasteiger partial charge in [0.1, 0.15) is 11.8 Å². The fourth-order valence-corrected chi connectivity index (χ4v) is 1.70. The maximum Gasteiger partial charge on any atom is 0.408 e. The lowest BCUT2D eigenvalue weighted by Crippen LogP contribution is -2.50. The second-order valence-corrected chi connectivity index (χ2v) is 5.75. The van der Waals surface area contributed by atoms with Gasteiger partial charge in [0, 0.05) is 0 Å². The minimum absolute atomic E-state index is 0.345. The van der Waals surface area contributed by atoms with Crippen LogP contribution >= 0.6 is 11.8 Å². The van der Waals surface area contributed by atoms with Crippen molar-refractivity contribution in [2.45, 2.75) is 45.1 Å². The maximum atomic E-state index is 11.6. The van der Waals surface area contributed by atoms with Gasteiger partial charge in [-0.2, -0.15) is 11.8 Å². The molecule has 0 aromatic carbocycles. The van der Waals surface area contributed by atoms with Gasteiger partial charge in [0.2, 0.25) is 0 Å². The van der Waals surface area contributed by atoms with E-state index in [9.17, 15) is 9.90 Å². The molecule has 0 bridgehead atoms. The first-order chi connectivity index (χ1) is 7.80. The third-order valence-electron chi connectivity index (χ3n) is 2.01. The summed E-state index contributed by atoms with van der Waals surface area (Å²) in [6.45, 7) is 5.41. The Balaban J connectivity index is 4.27. The number of likely N-dealkylation sites (N-methyl/N-ethyl adjacent to an activating group) is 1. The van der Waals surface area contributed by atoms with Crippen LogP contribution in [0.1, 0.15) is 27.2 Å². The lowest BCUT2D eigenvalue weighted by Gasteiger charge is -2.26. The van der Waals surface area contributed by atoms with Gasteiger partial charge in [-0.25, -0.2) is 4.79 Å². The SMILES string of the molecule is CNC(O)C(CCSC)NC(=O)OC(C)(C)C. The lowest BCUT2D eigenvalue weighted by atomic mass is 10.2. The van der Waals surface area contributed by atoms with Gasteiger partial charge in [0.05, 0.1) is 6.04 Å². The Hall–Kier alpha value is -0.460. The molecule has 0 saturated carbocycles. The molecule has 0 aliphatic carbocycles. The minimum atomic E-state index is -0.769. The van der Waals surface area contributed by atoms with Crippen LogP contribution in [0.5, 0.6) is 0 Å². The molecule has 2 atom stereocenters. The van der Waals surface area contributed by atoms with E-state index >= 15 is 0 Å². The van der Waals surface area contributed by atoms with Gasteiger partial charge < -0.3 is 15.2 Å². The van der Waals surface area contributed by atoms with Crippen molar-refractivity contribution in [2.75, 3.05) is 19.1 Å². The highest BCUT2D eigenvalue weighted by Crippen LogP contribution is 2.09. The summed E-state index contributed by atoms with van der Waals surface area (Å²) in [7, 11) is 1.65. The summed E-state index contributed by atoms with van der Waals surface area (Å²) in [6.07, 6.45) is 1.39. The predicted octanol–water partition coefficient (Wildman–Crippen LogP) is 1.17. The number of carbonyl (C=O) groups is 1. The Labute approximate surface area is 108 Å². The fraction of sp³-hybridized carbons (Fsp3) is 0.909. The summed E-state index contributed by atoms with van der Waals surface area (Å²) in [5.41, 5.74) is -0.529. The average molecular weight is 264 g/mol. The van der Waals surface area contributed by atoms with Crippen LogP contribution in [0, 0.1) is 0 Å². The zero-order chi connectivity index (χ0) is 13.5. The van der Waals surface area contributed by atoms with Gasteiger partial charge in [-0.05, 0) is 46.2 Å². The molecule has 0 aliphatic heterocycles. The number of carbonyl (C=O) groups excluding carboxylic acids is 1. The van der Waals surface area contributed by atoms with E-state index in [0.717, 1.165) is 5.75 Å². The zero-order valence-corrected chi connectivity index (χ0v) is 12.1. The van der Waals surface area contributed by atoms with Crippen LogP contribution in [0.3, 0.4) is 0 Å². The number of thioether (sulfide) groups is 1. The van der Waals surface area contributed by atoms with E-state index in [0.29, 0.717) is 6.42 Å². The summed E-state index contributed by atoms with van der Waals surface area (Å²) in [6, 6.07) is -0.345. The van der Waals surface area contributed by atoms with E-state index in [-0.39, 0.29) is 6.04 Å². The summed E-state index contributed by atoms with van der Waals surface area (Å²) in [5, 5.41) is 15.1. The standard InChI is InChI=1S/C11H24N2O3S/c1-11(2,3)16-10(15)13-8(6-7-17-5)9(14)12-4/h8-9,12,14H,6-7H2,1-5H3,(H,13,15). The van der Waals surface area contributed by atoms with Gasteiger partial charge in [0.15, 0.2) is 0 Å². The molecule has 0 spiro atoms. The van der Waals surface area contributed by atoms with E-state index in [1.54, 1.807) is 39.6 Å². The molecule has 17 heavy (non-hydrogen) atoms. The summed E-state index contributed by atoms with van der Waals surface area (Å²) >= 11 is 1.67. The molecule has 0 rings (SSSR count). The number of aliphatic hydroxyl groups excluding tert-OH is 1. The first-order valence-electron chi connectivity index (χ1n) is 5.64. The number of nitrogens with one attached hydrogen (secondary N) is 2. The molecule has 102 valence electrons. The van der Waals surface area contributed by atoms with Crippen molar-refractivity contribution in [2.24, 2.45) is 0 Å². The Morgan fingerprint density at radius 2 is 2.06 bits per heavy atom. The lowest BCUT2D eigenvalue weighted by molar-refractivity contribution is 0.0387. The van der Waals surface area contributed by atoms with E-state index in [1.165, 1.54) is 0 Å². The molecular formula is C11H24N2O3S. The van der Waals surface area contributed by atoms with Gasteiger partial charge in [0.25, 0.3) is 0 Å². The molecule has 5 nitrogen and oxygen atoms in total. The number of alkyl carbamates (subject to hydrolysis) is 1. The fourth-order valence-electron chi connectivity index (χ4n) is 1.21. The highest BCUT2D eigenvalue weighted by molar-refractivity contribution is 7.98. The molecule has 0 heterocycles.